The summed E-state index contributed by atoms with van der Waals surface area (Å²) in [7, 11) is 0. The molecule has 27 heavy (non-hydrogen) atoms. The molecule has 0 saturated heterocycles. The lowest BCUT2D eigenvalue weighted by atomic mass is 9.97. The number of rotatable bonds is 7. The van der Waals surface area contributed by atoms with Crippen molar-refractivity contribution in [1.82, 2.24) is 5.32 Å². The zero-order valence-electron chi connectivity index (χ0n) is 15.5. The van der Waals surface area contributed by atoms with Gasteiger partial charge >= 0.3 is 5.63 Å². The van der Waals surface area contributed by atoms with Gasteiger partial charge in [0, 0.05) is 17.5 Å². The van der Waals surface area contributed by atoms with Gasteiger partial charge in [-0.15, -0.1) is 0 Å². The van der Waals surface area contributed by atoms with E-state index in [0.717, 1.165) is 17.4 Å². The number of amides is 1. The fraction of sp³-hybridized carbons (Fsp3) is 0.273. The minimum atomic E-state index is -0.420. The molecule has 5 heteroatoms. The molecular weight excluding hydrogens is 342 g/mol. The third-order valence-corrected chi connectivity index (χ3v) is 4.21. The summed E-state index contributed by atoms with van der Waals surface area (Å²) >= 11 is 0. The van der Waals surface area contributed by atoms with E-state index in [0.29, 0.717) is 17.3 Å². The Morgan fingerprint density at radius 2 is 1.81 bits per heavy atom. The Morgan fingerprint density at radius 1 is 1.07 bits per heavy atom. The molecule has 1 atom stereocenters. The zero-order chi connectivity index (χ0) is 19.2. The first-order valence-electron chi connectivity index (χ1n) is 9.02. The average Bonchev–Trinajstić information content (AvgIpc) is 2.66. The highest BCUT2D eigenvalue weighted by Crippen LogP contribution is 2.22. The van der Waals surface area contributed by atoms with Gasteiger partial charge in [0.25, 0.3) is 5.91 Å². The van der Waals surface area contributed by atoms with E-state index >= 15 is 0 Å². The van der Waals surface area contributed by atoms with Crippen LogP contribution in [0.2, 0.25) is 0 Å². The summed E-state index contributed by atoms with van der Waals surface area (Å²) < 4.78 is 10.7. The number of ether oxygens (including phenoxy) is 1. The Morgan fingerprint density at radius 3 is 2.56 bits per heavy atom. The lowest BCUT2D eigenvalue weighted by molar-refractivity contribution is -0.124. The number of hydrogen-bond acceptors (Lipinski definition) is 4. The largest absolute Gasteiger partial charge is 0.484 e. The maximum atomic E-state index is 12.4. The van der Waals surface area contributed by atoms with Crippen molar-refractivity contribution >= 4 is 16.9 Å². The van der Waals surface area contributed by atoms with Crippen molar-refractivity contribution in [2.24, 2.45) is 5.92 Å². The van der Waals surface area contributed by atoms with Crippen LogP contribution in [0.5, 0.6) is 5.75 Å². The molecule has 0 unspecified atom stereocenters. The van der Waals surface area contributed by atoms with Gasteiger partial charge in [-0.1, -0.05) is 44.2 Å². The standard InChI is InChI=1S/C22H23NO4/c1-15(2)12-19(16-6-4-3-5-7-16)23-21(24)14-26-18-10-8-17-9-11-22(25)27-20(17)13-18/h3-11,13,15,19H,12,14H2,1-2H3,(H,23,24)/t19-/m1/s1. The molecule has 3 rings (SSSR count). The Kier molecular flexibility index (Phi) is 5.91. The zero-order valence-corrected chi connectivity index (χ0v) is 15.5. The van der Waals surface area contributed by atoms with Crippen molar-refractivity contribution in [3.63, 3.8) is 0 Å². The fourth-order valence-electron chi connectivity index (χ4n) is 2.95. The molecule has 0 spiro atoms. The van der Waals surface area contributed by atoms with E-state index in [1.165, 1.54) is 6.07 Å². The van der Waals surface area contributed by atoms with Gasteiger partial charge in [0.2, 0.25) is 0 Å². The molecule has 0 fully saturated rings. The second-order valence-electron chi connectivity index (χ2n) is 6.90. The van der Waals surface area contributed by atoms with Crippen molar-refractivity contribution in [1.29, 1.82) is 0 Å². The molecule has 3 aromatic rings. The Hall–Kier alpha value is -3.08. The second kappa shape index (κ2) is 8.54. The van der Waals surface area contributed by atoms with Gasteiger partial charge < -0.3 is 14.5 Å². The van der Waals surface area contributed by atoms with Crippen molar-refractivity contribution < 1.29 is 13.9 Å². The summed E-state index contributed by atoms with van der Waals surface area (Å²) in [6.07, 6.45) is 0.844. The average molecular weight is 365 g/mol. The quantitative estimate of drug-likeness (QED) is 0.641. The highest BCUT2D eigenvalue weighted by molar-refractivity contribution is 5.79. The first kappa shape index (κ1) is 18.7. The maximum absolute atomic E-state index is 12.4. The van der Waals surface area contributed by atoms with Crippen LogP contribution in [0.25, 0.3) is 11.0 Å². The van der Waals surface area contributed by atoms with Gasteiger partial charge in [0.05, 0.1) is 6.04 Å². The summed E-state index contributed by atoms with van der Waals surface area (Å²) in [6, 6.07) is 18.1. The van der Waals surface area contributed by atoms with E-state index in [1.807, 2.05) is 30.3 Å². The van der Waals surface area contributed by atoms with Crippen LogP contribution in [0.4, 0.5) is 0 Å². The van der Waals surface area contributed by atoms with E-state index in [1.54, 1.807) is 24.3 Å². The van der Waals surface area contributed by atoms with Gasteiger partial charge in [-0.3, -0.25) is 4.79 Å². The Labute approximate surface area is 158 Å². The highest BCUT2D eigenvalue weighted by atomic mass is 16.5. The lowest BCUT2D eigenvalue weighted by Gasteiger charge is -2.21. The van der Waals surface area contributed by atoms with Gasteiger partial charge in [-0.25, -0.2) is 4.79 Å². The van der Waals surface area contributed by atoms with Crippen LogP contribution in [0, 0.1) is 5.92 Å². The number of nitrogens with one attached hydrogen (secondary N) is 1. The van der Waals surface area contributed by atoms with Gasteiger partial charge in [-0.05, 0) is 36.1 Å². The molecule has 1 amide bonds. The molecule has 0 aliphatic heterocycles. The Bertz CT molecular complexity index is 963. The van der Waals surface area contributed by atoms with Crippen LogP contribution in [-0.4, -0.2) is 12.5 Å². The smallest absolute Gasteiger partial charge is 0.336 e. The first-order valence-corrected chi connectivity index (χ1v) is 9.02. The molecule has 0 bridgehead atoms. The van der Waals surface area contributed by atoms with Gasteiger partial charge in [0.1, 0.15) is 11.3 Å². The summed E-state index contributed by atoms with van der Waals surface area (Å²) in [5.41, 5.74) is 1.09. The van der Waals surface area contributed by atoms with Crippen LogP contribution in [0.1, 0.15) is 31.9 Å². The third kappa shape index (κ3) is 5.20. The summed E-state index contributed by atoms with van der Waals surface area (Å²) in [5.74, 6) is 0.728. The molecule has 0 saturated carbocycles. The van der Waals surface area contributed by atoms with E-state index in [9.17, 15) is 9.59 Å². The monoisotopic (exact) mass is 365 g/mol. The predicted molar refractivity (Wildman–Crippen MR) is 105 cm³/mol. The van der Waals surface area contributed by atoms with Crippen LogP contribution in [-0.2, 0) is 4.79 Å². The van der Waals surface area contributed by atoms with Gasteiger partial charge in [0.15, 0.2) is 6.61 Å². The van der Waals surface area contributed by atoms with Crippen molar-refractivity contribution in [2.45, 2.75) is 26.3 Å². The molecule has 0 aliphatic carbocycles. The van der Waals surface area contributed by atoms with E-state index in [2.05, 4.69) is 19.2 Å². The number of hydrogen-bond donors (Lipinski definition) is 1. The van der Waals surface area contributed by atoms with E-state index in [-0.39, 0.29) is 18.6 Å². The van der Waals surface area contributed by atoms with Crippen LogP contribution < -0.4 is 15.7 Å². The highest BCUT2D eigenvalue weighted by Gasteiger charge is 2.16. The van der Waals surface area contributed by atoms with Crippen molar-refractivity contribution in [3.8, 4) is 5.75 Å². The molecule has 5 nitrogen and oxygen atoms in total. The number of fused-ring (bicyclic) bond motifs is 1. The normalized spacial score (nSPS) is 12.1. The number of benzene rings is 2. The summed E-state index contributed by atoms with van der Waals surface area (Å²) in [5, 5.41) is 3.84. The molecule has 2 aromatic carbocycles. The molecule has 140 valence electrons. The fourth-order valence-corrected chi connectivity index (χ4v) is 2.95. The third-order valence-electron chi connectivity index (χ3n) is 4.21. The summed E-state index contributed by atoms with van der Waals surface area (Å²) in [6.45, 7) is 4.15. The van der Waals surface area contributed by atoms with Crippen LogP contribution in [0.15, 0.2) is 69.9 Å². The summed E-state index contributed by atoms with van der Waals surface area (Å²) in [4.78, 5) is 23.7. The molecule has 0 radical (unpaired) electrons. The van der Waals surface area contributed by atoms with Crippen molar-refractivity contribution in [2.75, 3.05) is 6.61 Å². The molecule has 1 aromatic heterocycles. The predicted octanol–water partition coefficient (Wildman–Crippen LogP) is 4.08. The lowest BCUT2D eigenvalue weighted by Crippen LogP contribution is -2.33. The molecule has 0 aliphatic rings. The first-order chi connectivity index (χ1) is 13.0. The minimum absolute atomic E-state index is 0.0584. The Balaban J connectivity index is 1.64. The molecule has 1 heterocycles. The van der Waals surface area contributed by atoms with Crippen LogP contribution in [0.3, 0.4) is 0 Å². The second-order valence-corrected chi connectivity index (χ2v) is 6.90. The molecular formula is C22H23NO4. The minimum Gasteiger partial charge on any atom is -0.484 e. The van der Waals surface area contributed by atoms with E-state index < -0.39 is 5.63 Å². The number of carbonyl (C=O) groups is 1. The van der Waals surface area contributed by atoms with E-state index in [4.69, 9.17) is 9.15 Å². The topological polar surface area (TPSA) is 68.5 Å². The SMILES string of the molecule is CC(C)C[C@@H](NC(=O)COc1ccc2ccc(=O)oc2c1)c1ccccc1. The molecule has 1 N–H and O–H groups in total. The van der Waals surface area contributed by atoms with Crippen LogP contribution >= 0.6 is 0 Å². The van der Waals surface area contributed by atoms with Gasteiger partial charge in [-0.2, -0.15) is 0 Å². The maximum Gasteiger partial charge on any atom is 0.336 e. The number of carbonyl (C=O) groups excluding carboxylic acids is 1. The van der Waals surface area contributed by atoms with Crippen molar-refractivity contribution in [3.05, 3.63) is 76.6 Å².